The van der Waals surface area contributed by atoms with E-state index in [-0.39, 0.29) is 27.6 Å². The lowest BCUT2D eigenvalue weighted by molar-refractivity contribution is 0.0955. The Labute approximate surface area is 159 Å². The molecule has 8 heteroatoms. The molecule has 0 bridgehead atoms. The maximum Gasteiger partial charge on any atom is 0.261 e. The summed E-state index contributed by atoms with van der Waals surface area (Å²) < 4.78 is 41.0. The Morgan fingerprint density at radius 1 is 1.07 bits per heavy atom. The Bertz CT molecular complexity index is 901. The van der Waals surface area contributed by atoms with Crippen molar-refractivity contribution in [3.8, 4) is 0 Å². The average Bonchev–Trinajstić information content (AvgIpc) is 2.63. The highest BCUT2D eigenvalue weighted by Gasteiger charge is 2.19. The first-order valence-electron chi connectivity index (χ1n) is 8.72. The van der Waals surface area contributed by atoms with Gasteiger partial charge in [0, 0.05) is 13.1 Å². The average molecular weight is 393 g/mol. The standard InChI is InChI=1S/C19H24FN3O3S/c1-3-10-21-11-12-22-19(24)16-6-4-5-7-18(16)23-27(25,26)15-8-9-17(20)14(2)13-15/h4-9,13,21,23H,3,10-12H2,1-2H3,(H,22,24). The van der Waals surface area contributed by atoms with Gasteiger partial charge >= 0.3 is 0 Å². The topological polar surface area (TPSA) is 87.3 Å². The minimum absolute atomic E-state index is 0.0691. The number of para-hydroxylation sites is 1. The third-order valence-corrected chi connectivity index (χ3v) is 5.23. The molecule has 0 aliphatic heterocycles. The summed E-state index contributed by atoms with van der Waals surface area (Å²) >= 11 is 0. The number of hydrogen-bond donors (Lipinski definition) is 3. The number of amides is 1. The Balaban J connectivity index is 2.14. The van der Waals surface area contributed by atoms with Gasteiger partial charge in [0.25, 0.3) is 15.9 Å². The van der Waals surface area contributed by atoms with Crippen LogP contribution in [0.3, 0.4) is 0 Å². The van der Waals surface area contributed by atoms with Gasteiger partial charge in [0.2, 0.25) is 0 Å². The SMILES string of the molecule is CCCNCCNC(=O)c1ccccc1NS(=O)(=O)c1ccc(F)c(C)c1. The maximum absolute atomic E-state index is 13.4. The van der Waals surface area contributed by atoms with E-state index in [1.54, 1.807) is 18.2 Å². The van der Waals surface area contributed by atoms with Crippen molar-refractivity contribution in [3.63, 3.8) is 0 Å². The second kappa shape index (κ2) is 9.48. The van der Waals surface area contributed by atoms with Crippen molar-refractivity contribution in [1.82, 2.24) is 10.6 Å². The number of aryl methyl sites for hydroxylation is 1. The zero-order chi connectivity index (χ0) is 19.9. The van der Waals surface area contributed by atoms with Crippen LogP contribution in [-0.2, 0) is 10.0 Å². The van der Waals surface area contributed by atoms with E-state index in [1.807, 2.05) is 0 Å². The fourth-order valence-electron chi connectivity index (χ4n) is 2.42. The second-order valence-electron chi connectivity index (χ2n) is 6.07. The van der Waals surface area contributed by atoms with E-state index in [9.17, 15) is 17.6 Å². The van der Waals surface area contributed by atoms with Gasteiger partial charge in [-0.1, -0.05) is 19.1 Å². The first-order valence-corrected chi connectivity index (χ1v) is 10.2. The molecule has 0 saturated heterocycles. The molecule has 0 unspecified atom stereocenters. The van der Waals surface area contributed by atoms with Crippen molar-refractivity contribution in [3.05, 3.63) is 59.4 Å². The van der Waals surface area contributed by atoms with Gasteiger partial charge in [-0.2, -0.15) is 0 Å². The largest absolute Gasteiger partial charge is 0.351 e. The van der Waals surface area contributed by atoms with Gasteiger partial charge in [-0.25, -0.2) is 12.8 Å². The van der Waals surface area contributed by atoms with Crippen LogP contribution in [0.2, 0.25) is 0 Å². The highest BCUT2D eigenvalue weighted by Crippen LogP contribution is 2.21. The molecule has 27 heavy (non-hydrogen) atoms. The van der Waals surface area contributed by atoms with Crippen molar-refractivity contribution >= 4 is 21.6 Å². The van der Waals surface area contributed by atoms with E-state index < -0.39 is 15.8 Å². The summed E-state index contributed by atoms with van der Waals surface area (Å²) in [6.07, 6.45) is 1.00. The molecular formula is C19H24FN3O3S. The number of sulfonamides is 1. The summed E-state index contributed by atoms with van der Waals surface area (Å²) in [7, 11) is -3.95. The van der Waals surface area contributed by atoms with Crippen LogP contribution in [0.25, 0.3) is 0 Å². The van der Waals surface area contributed by atoms with Gasteiger partial charge in [0.15, 0.2) is 0 Å². The van der Waals surface area contributed by atoms with Crippen LogP contribution in [0.4, 0.5) is 10.1 Å². The molecule has 0 aliphatic carbocycles. The van der Waals surface area contributed by atoms with E-state index in [4.69, 9.17) is 0 Å². The third kappa shape index (κ3) is 5.77. The molecule has 2 aromatic rings. The zero-order valence-electron chi connectivity index (χ0n) is 15.4. The number of benzene rings is 2. The number of carbonyl (C=O) groups excluding carboxylic acids is 1. The van der Waals surface area contributed by atoms with Crippen molar-refractivity contribution in [2.75, 3.05) is 24.4 Å². The van der Waals surface area contributed by atoms with Crippen LogP contribution in [0.1, 0.15) is 29.3 Å². The van der Waals surface area contributed by atoms with E-state index in [0.717, 1.165) is 19.0 Å². The van der Waals surface area contributed by atoms with Crippen LogP contribution in [0.5, 0.6) is 0 Å². The summed E-state index contributed by atoms with van der Waals surface area (Å²) in [6.45, 7) is 5.46. The minimum atomic E-state index is -3.95. The van der Waals surface area contributed by atoms with Gasteiger partial charge in [0.1, 0.15) is 5.82 Å². The fourth-order valence-corrected chi connectivity index (χ4v) is 3.58. The lowest BCUT2D eigenvalue weighted by atomic mass is 10.1. The third-order valence-electron chi connectivity index (χ3n) is 3.87. The lowest BCUT2D eigenvalue weighted by Gasteiger charge is -2.13. The molecule has 3 N–H and O–H groups in total. The van der Waals surface area contributed by atoms with Gasteiger partial charge in [0.05, 0.1) is 16.1 Å². The lowest BCUT2D eigenvalue weighted by Crippen LogP contribution is -2.32. The molecule has 0 spiro atoms. The quantitative estimate of drug-likeness (QED) is 0.572. The summed E-state index contributed by atoms with van der Waals surface area (Å²) in [4.78, 5) is 12.3. The summed E-state index contributed by atoms with van der Waals surface area (Å²) in [5, 5.41) is 5.92. The predicted molar refractivity (Wildman–Crippen MR) is 104 cm³/mol. The van der Waals surface area contributed by atoms with Crippen LogP contribution in [-0.4, -0.2) is 34.0 Å². The monoisotopic (exact) mass is 393 g/mol. The molecule has 0 fully saturated rings. The zero-order valence-corrected chi connectivity index (χ0v) is 16.2. The Kier molecular flexibility index (Phi) is 7.32. The molecular weight excluding hydrogens is 369 g/mol. The number of nitrogens with one attached hydrogen (secondary N) is 3. The van der Waals surface area contributed by atoms with Crippen molar-refractivity contribution in [1.29, 1.82) is 0 Å². The number of hydrogen-bond acceptors (Lipinski definition) is 4. The molecule has 0 atom stereocenters. The second-order valence-corrected chi connectivity index (χ2v) is 7.75. The molecule has 6 nitrogen and oxygen atoms in total. The molecule has 0 aromatic heterocycles. The maximum atomic E-state index is 13.4. The first kappa shape index (κ1) is 20.9. The molecule has 1 amide bonds. The van der Waals surface area contributed by atoms with Crippen LogP contribution >= 0.6 is 0 Å². The summed E-state index contributed by atoms with van der Waals surface area (Å²) in [5.41, 5.74) is 0.609. The van der Waals surface area contributed by atoms with Crippen LogP contribution in [0.15, 0.2) is 47.4 Å². The van der Waals surface area contributed by atoms with E-state index in [1.165, 1.54) is 25.1 Å². The fraction of sp³-hybridized carbons (Fsp3) is 0.316. The van der Waals surface area contributed by atoms with Gasteiger partial charge in [-0.3, -0.25) is 9.52 Å². The highest BCUT2D eigenvalue weighted by molar-refractivity contribution is 7.92. The molecule has 0 radical (unpaired) electrons. The smallest absolute Gasteiger partial charge is 0.261 e. The first-order chi connectivity index (χ1) is 12.8. The number of anilines is 1. The summed E-state index contributed by atoms with van der Waals surface area (Å²) in [5.74, 6) is -0.854. The normalized spacial score (nSPS) is 11.2. The molecule has 2 aromatic carbocycles. The Hall–Kier alpha value is -2.45. The molecule has 0 heterocycles. The van der Waals surface area contributed by atoms with Crippen molar-refractivity contribution < 1.29 is 17.6 Å². The van der Waals surface area contributed by atoms with Gasteiger partial charge in [-0.05, 0) is 55.8 Å². The molecule has 2 rings (SSSR count). The molecule has 0 aliphatic rings. The van der Waals surface area contributed by atoms with E-state index in [0.29, 0.717) is 13.1 Å². The van der Waals surface area contributed by atoms with Crippen molar-refractivity contribution in [2.24, 2.45) is 0 Å². The van der Waals surface area contributed by atoms with Gasteiger partial charge in [-0.15, -0.1) is 0 Å². The minimum Gasteiger partial charge on any atom is -0.351 e. The van der Waals surface area contributed by atoms with E-state index in [2.05, 4.69) is 22.3 Å². The van der Waals surface area contributed by atoms with E-state index >= 15 is 0 Å². The highest BCUT2D eigenvalue weighted by atomic mass is 32.2. The van der Waals surface area contributed by atoms with Crippen LogP contribution < -0.4 is 15.4 Å². The predicted octanol–water partition coefficient (Wildman–Crippen LogP) is 2.66. The van der Waals surface area contributed by atoms with Crippen molar-refractivity contribution in [2.45, 2.75) is 25.2 Å². The van der Waals surface area contributed by atoms with Crippen LogP contribution in [0, 0.1) is 12.7 Å². The Morgan fingerprint density at radius 3 is 2.52 bits per heavy atom. The van der Waals surface area contributed by atoms with Gasteiger partial charge < -0.3 is 10.6 Å². The summed E-state index contributed by atoms with van der Waals surface area (Å²) in [6, 6.07) is 9.89. The number of rotatable bonds is 9. The number of carbonyl (C=O) groups is 1. The molecule has 146 valence electrons. The molecule has 0 saturated carbocycles. The Morgan fingerprint density at radius 2 is 1.81 bits per heavy atom. The number of halogens is 1.